The van der Waals surface area contributed by atoms with Gasteiger partial charge < -0.3 is 4.90 Å². The van der Waals surface area contributed by atoms with Crippen molar-refractivity contribution in [1.29, 1.82) is 0 Å². The summed E-state index contributed by atoms with van der Waals surface area (Å²) in [6.07, 6.45) is 0.371. The van der Waals surface area contributed by atoms with Crippen molar-refractivity contribution >= 4 is 56.8 Å². The lowest BCUT2D eigenvalue weighted by Gasteiger charge is -2.26. The molecule has 0 bridgehead atoms. The number of fused-ring (bicyclic) bond motifs is 1. The van der Waals surface area contributed by atoms with Crippen LogP contribution >= 0.6 is 23.7 Å². The Hall–Kier alpha value is -2.03. The van der Waals surface area contributed by atoms with Gasteiger partial charge in [0.25, 0.3) is 0 Å². The second-order valence-electron chi connectivity index (χ2n) is 7.37. The fourth-order valence-corrected chi connectivity index (χ4v) is 4.67. The van der Waals surface area contributed by atoms with E-state index in [2.05, 4.69) is 24.8 Å². The molecule has 0 radical (unpaired) electrons. The fourth-order valence-electron chi connectivity index (χ4n) is 3.61. The number of nitrogens with zero attached hydrogens (tertiary/aromatic N) is 4. The van der Waals surface area contributed by atoms with Gasteiger partial charge in [-0.05, 0) is 44.1 Å². The molecule has 2 aromatic rings. The van der Waals surface area contributed by atoms with Crippen LogP contribution in [0.15, 0.2) is 12.1 Å². The predicted molar refractivity (Wildman–Crippen MR) is 122 cm³/mol. The molecule has 9 heteroatoms. The highest BCUT2D eigenvalue weighted by molar-refractivity contribution is 7.22. The number of amides is 3. The van der Waals surface area contributed by atoms with Crippen molar-refractivity contribution in [3.05, 3.63) is 23.3 Å². The van der Waals surface area contributed by atoms with Crippen LogP contribution in [-0.2, 0) is 14.4 Å². The first kappa shape index (κ1) is 24.2. The van der Waals surface area contributed by atoms with E-state index in [9.17, 15) is 14.4 Å². The molecule has 0 N–H and O–H groups in total. The average molecular weight is 453 g/mol. The van der Waals surface area contributed by atoms with E-state index in [-0.39, 0.29) is 49.5 Å². The minimum absolute atomic E-state index is 0. The maximum Gasteiger partial charge on any atom is 0.248 e. The normalized spacial score (nSPS) is 14.0. The van der Waals surface area contributed by atoms with Crippen LogP contribution in [0.5, 0.6) is 0 Å². The Labute approximate surface area is 187 Å². The zero-order valence-electron chi connectivity index (χ0n) is 17.9. The van der Waals surface area contributed by atoms with Crippen LogP contribution in [0.3, 0.4) is 0 Å². The van der Waals surface area contributed by atoms with E-state index in [1.54, 1.807) is 4.90 Å². The molecule has 1 aliphatic heterocycles. The van der Waals surface area contributed by atoms with Crippen LogP contribution < -0.4 is 4.90 Å². The third kappa shape index (κ3) is 5.17. The maximum absolute atomic E-state index is 13.1. The molecule has 0 atom stereocenters. The number of halogens is 1. The number of likely N-dealkylation sites (tertiary alicyclic amines) is 1. The Kier molecular flexibility index (Phi) is 8.34. The van der Waals surface area contributed by atoms with Crippen LogP contribution in [0.25, 0.3) is 10.2 Å². The lowest BCUT2D eigenvalue weighted by Crippen LogP contribution is -2.45. The molecule has 0 saturated carbocycles. The van der Waals surface area contributed by atoms with Crippen LogP contribution in [-0.4, -0.2) is 65.2 Å². The summed E-state index contributed by atoms with van der Waals surface area (Å²) in [5, 5.41) is 0.616. The molecule has 30 heavy (non-hydrogen) atoms. The molecule has 164 valence electrons. The average Bonchev–Trinajstić information content (AvgIpc) is 3.23. The van der Waals surface area contributed by atoms with Crippen molar-refractivity contribution in [3.63, 3.8) is 0 Å². The van der Waals surface area contributed by atoms with Gasteiger partial charge in [0.2, 0.25) is 17.7 Å². The first-order valence-electron chi connectivity index (χ1n) is 10.1. The molecule has 1 aromatic heterocycles. The number of hydrogen-bond donors (Lipinski definition) is 0. The van der Waals surface area contributed by atoms with Crippen molar-refractivity contribution in [2.45, 2.75) is 40.5 Å². The molecule has 0 aliphatic carbocycles. The van der Waals surface area contributed by atoms with Gasteiger partial charge in [-0.1, -0.05) is 31.3 Å². The Bertz CT molecular complexity index is 926. The predicted octanol–water partition coefficient (Wildman–Crippen LogP) is 3.16. The molecule has 1 saturated heterocycles. The largest absolute Gasteiger partial charge is 0.302 e. The molecule has 1 aliphatic rings. The van der Waals surface area contributed by atoms with Gasteiger partial charge in [-0.25, -0.2) is 4.98 Å². The number of imide groups is 1. The van der Waals surface area contributed by atoms with E-state index >= 15 is 0 Å². The van der Waals surface area contributed by atoms with E-state index in [1.165, 1.54) is 11.3 Å². The number of hydrogen-bond acceptors (Lipinski definition) is 6. The lowest BCUT2D eigenvalue weighted by atomic mass is 10.1. The monoisotopic (exact) mass is 452 g/mol. The third-order valence-electron chi connectivity index (χ3n) is 5.32. The van der Waals surface area contributed by atoms with Gasteiger partial charge in [0.15, 0.2) is 5.13 Å². The van der Waals surface area contributed by atoms with E-state index in [4.69, 9.17) is 4.98 Å². The maximum atomic E-state index is 13.1. The zero-order chi connectivity index (χ0) is 21.1. The number of likely N-dealkylation sites (N-methyl/N-ethyl adjacent to an activating group) is 1. The Balaban J connectivity index is 0.00000320. The molecular weight excluding hydrogens is 424 g/mol. The van der Waals surface area contributed by atoms with Gasteiger partial charge >= 0.3 is 0 Å². The van der Waals surface area contributed by atoms with Crippen LogP contribution in [0.4, 0.5) is 5.13 Å². The van der Waals surface area contributed by atoms with E-state index < -0.39 is 0 Å². The summed E-state index contributed by atoms with van der Waals surface area (Å²) >= 11 is 1.48. The number of rotatable bonds is 8. The van der Waals surface area contributed by atoms with E-state index in [1.807, 2.05) is 19.9 Å². The minimum atomic E-state index is -0.275. The highest BCUT2D eigenvalue weighted by Crippen LogP contribution is 2.32. The van der Waals surface area contributed by atoms with Gasteiger partial charge in [0, 0.05) is 25.9 Å². The van der Waals surface area contributed by atoms with Crippen molar-refractivity contribution < 1.29 is 14.4 Å². The Morgan fingerprint density at radius 1 is 1.10 bits per heavy atom. The Morgan fingerprint density at radius 3 is 2.33 bits per heavy atom. The molecular formula is C21H29ClN4O3S. The number of carbonyl (C=O) groups excluding carboxylic acids is 3. The summed E-state index contributed by atoms with van der Waals surface area (Å²) in [5.41, 5.74) is 3.13. The number of benzene rings is 1. The van der Waals surface area contributed by atoms with E-state index in [0.29, 0.717) is 18.2 Å². The molecule has 7 nitrogen and oxygen atoms in total. The van der Waals surface area contributed by atoms with Gasteiger partial charge in [-0.15, -0.1) is 12.4 Å². The molecule has 3 amide bonds. The Morgan fingerprint density at radius 2 is 1.73 bits per heavy atom. The highest BCUT2D eigenvalue weighted by atomic mass is 35.5. The summed E-state index contributed by atoms with van der Waals surface area (Å²) in [4.78, 5) is 46.7. The molecule has 0 unspecified atom stereocenters. The fraction of sp³-hybridized carbons (Fsp3) is 0.524. The number of thiazole rings is 1. The number of anilines is 1. The second-order valence-corrected chi connectivity index (χ2v) is 8.35. The number of carbonyl (C=O) groups is 3. The molecule has 1 aromatic carbocycles. The molecule has 3 rings (SSSR count). The third-order valence-corrected chi connectivity index (χ3v) is 6.55. The standard InChI is InChI=1S/C21H28N4O3S.ClH/c1-5-23(6-2)9-10-24(19(28)13-25-17(26)7-8-18(25)27)21-22-16-12-14(3)11-15(4)20(16)29-21;/h11-12H,5-10,13H2,1-4H3;1H. The highest BCUT2D eigenvalue weighted by Gasteiger charge is 2.32. The van der Waals surface area contributed by atoms with Gasteiger partial charge in [-0.3, -0.25) is 24.2 Å². The number of aryl methyl sites for hydroxylation is 2. The SMILES string of the molecule is CCN(CC)CCN(C(=O)CN1C(=O)CCC1=O)c1nc2cc(C)cc(C)c2s1.Cl. The van der Waals surface area contributed by atoms with Crippen molar-refractivity contribution in [1.82, 2.24) is 14.8 Å². The molecule has 2 heterocycles. The lowest BCUT2D eigenvalue weighted by molar-refractivity contribution is -0.141. The van der Waals surface area contributed by atoms with Crippen LogP contribution in [0.2, 0.25) is 0 Å². The first-order valence-corrected chi connectivity index (χ1v) is 10.9. The van der Waals surface area contributed by atoms with Gasteiger partial charge in [0.1, 0.15) is 6.54 Å². The topological polar surface area (TPSA) is 73.8 Å². The second kappa shape index (κ2) is 10.3. The summed E-state index contributed by atoms with van der Waals surface area (Å²) in [5.74, 6) is -0.820. The van der Waals surface area contributed by atoms with Crippen LogP contribution in [0, 0.1) is 13.8 Å². The smallest absolute Gasteiger partial charge is 0.248 e. The molecule has 0 spiro atoms. The first-order chi connectivity index (χ1) is 13.8. The number of aromatic nitrogens is 1. The van der Waals surface area contributed by atoms with Crippen molar-refractivity contribution in [3.8, 4) is 0 Å². The zero-order valence-corrected chi connectivity index (χ0v) is 19.6. The quantitative estimate of drug-likeness (QED) is 0.575. The summed E-state index contributed by atoms with van der Waals surface area (Å²) in [6, 6.07) is 4.12. The summed E-state index contributed by atoms with van der Waals surface area (Å²) in [6.45, 7) is 11.0. The minimum Gasteiger partial charge on any atom is -0.302 e. The summed E-state index contributed by atoms with van der Waals surface area (Å²) in [7, 11) is 0. The molecule has 1 fully saturated rings. The summed E-state index contributed by atoms with van der Waals surface area (Å²) < 4.78 is 1.06. The van der Waals surface area contributed by atoms with Crippen molar-refractivity contribution in [2.75, 3.05) is 37.6 Å². The van der Waals surface area contributed by atoms with Crippen molar-refractivity contribution in [2.24, 2.45) is 0 Å². The van der Waals surface area contributed by atoms with E-state index in [0.717, 1.165) is 39.3 Å². The van der Waals surface area contributed by atoms with Crippen LogP contribution in [0.1, 0.15) is 37.8 Å². The van der Waals surface area contributed by atoms with Gasteiger partial charge in [0.05, 0.1) is 10.2 Å². The van der Waals surface area contributed by atoms with Gasteiger partial charge in [-0.2, -0.15) is 0 Å².